The van der Waals surface area contributed by atoms with Crippen molar-refractivity contribution in [3.8, 4) is 0 Å². The van der Waals surface area contributed by atoms with Crippen LogP contribution in [0.3, 0.4) is 0 Å². The van der Waals surface area contributed by atoms with Crippen LogP contribution in [0, 0.1) is 12.8 Å². The van der Waals surface area contributed by atoms with E-state index in [2.05, 4.69) is 9.97 Å². The van der Waals surface area contributed by atoms with Crippen LogP contribution in [-0.4, -0.2) is 71.0 Å². The van der Waals surface area contributed by atoms with Crippen LogP contribution < -0.4 is 0 Å². The Kier molecular flexibility index (Phi) is 4.63. The third kappa shape index (κ3) is 3.19. The lowest BCUT2D eigenvalue weighted by molar-refractivity contribution is -0.141. The van der Waals surface area contributed by atoms with Crippen molar-refractivity contribution < 1.29 is 14.3 Å². The predicted molar refractivity (Wildman–Crippen MR) is 96.9 cm³/mol. The van der Waals surface area contributed by atoms with Crippen LogP contribution in [0.1, 0.15) is 29.0 Å². The molecule has 2 amide bonds. The molecule has 2 aromatic rings. The molecule has 0 saturated carbocycles. The maximum Gasteiger partial charge on any atom is 0.256 e. The second-order valence-electron chi connectivity index (χ2n) is 7.03. The third-order valence-electron chi connectivity index (χ3n) is 5.32. The molecule has 4 rings (SSSR count). The minimum Gasteiger partial charge on any atom is -0.378 e. The zero-order valence-electron chi connectivity index (χ0n) is 15.0. The van der Waals surface area contributed by atoms with E-state index < -0.39 is 0 Å². The fourth-order valence-electron chi connectivity index (χ4n) is 3.87. The van der Waals surface area contributed by atoms with Gasteiger partial charge in [-0.3, -0.25) is 9.59 Å². The largest absolute Gasteiger partial charge is 0.378 e. The number of rotatable bonds is 2. The number of nitrogens with zero attached hydrogens (tertiary/aromatic N) is 3. The number of carbonyl (C=O) groups is 2. The molecule has 0 radical (unpaired) electrons. The summed E-state index contributed by atoms with van der Waals surface area (Å²) in [7, 11) is 0. The van der Waals surface area contributed by atoms with E-state index >= 15 is 0 Å². The number of nitrogens with one attached hydrogen (secondary N) is 1. The average molecular weight is 356 g/mol. The first-order valence-corrected chi connectivity index (χ1v) is 9.24. The lowest BCUT2D eigenvalue weighted by Crippen LogP contribution is -2.47. The molecule has 0 bridgehead atoms. The number of aryl methyl sites for hydroxylation is 1. The van der Waals surface area contributed by atoms with E-state index in [0.29, 0.717) is 45.0 Å². The Balaban J connectivity index is 1.42. The number of H-pyrrole nitrogens is 1. The summed E-state index contributed by atoms with van der Waals surface area (Å²) in [5.41, 5.74) is 2.23. The van der Waals surface area contributed by atoms with Crippen LogP contribution in [0.4, 0.5) is 0 Å². The number of para-hydroxylation sites is 1. The van der Waals surface area contributed by atoms with Crippen molar-refractivity contribution in [2.45, 2.75) is 19.8 Å². The third-order valence-corrected chi connectivity index (χ3v) is 5.32. The lowest BCUT2D eigenvalue weighted by atomic mass is 9.94. The molecule has 1 aromatic heterocycles. The molecule has 0 spiro atoms. The lowest BCUT2D eigenvalue weighted by Gasteiger charge is -2.35. The second kappa shape index (κ2) is 7.07. The standard InChI is InChI=1S/C19H24N4O3/c1-13-20-16-4-2-3-15(17(16)21-13)19(25)22-7-5-14(6-8-22)18(24)23-9-11-26-12-10-23/h2-4,14H,5-12H2,1H3,(H,20,21). The van der Waals surface area contributed by atoms with Crippen LogP contribution in [0.5, 0.6) is 0 Å². The summed E-state index contributed by atoms with van der Waals surface area (Å²) >= 11 is 0. The van der Waals surface area contributed by atoms with Crippen molar-refractivity contribution in [3.63, 3.8) is 0 Å². The zero-order valence-corrected chi connectivity index (χ0v) is 15.0. The summed E-state index contributed by atoms with van der Waals surface area (Å²) in [6.45, 7) is 5.71. The first-order chi connectivity index (χ1) is 12.6. The van der Waals surface area contributed by atoms with Crippen LogP contribution in [0.15, 0.2) is 18.2 Å². The van der Waals surface area contributed by atoms with Gasteiger partial charge in [-0.1, -0.05) is 6.07 Å². The summed E-state index contributed by atoms with van der Waals surface area (Å²) < 4.78 is 5.32. The highest BCUT2D eigenvalue weighted by Crippen LogP contribution is 2.24. The maximum atomic E-state index is 13.0. The van der Waals surface area contributed by atoms with Gasteiger partial charge in [0.15, 0.2) is 0 Å². The number of likely N-dealkylation sites (tertiary alicyclic amines) is 1. The van der Waals surface area contributed by atoms with Gasteiger partial charge < -0.3 is 19.5 Å². The molecule has 138 valence electrons. The molecule has 26 heavy (non-hydrogen) atoms. The number of amides is 2. The van der Waals surface area contributed by atoms with E-state index in [-0.39, 0.29) is 17.7 Å². The Morgan fingerprint density at radius 2 is 1.85 bits per heavy atom. The van der Waals surface area contributed by atoms with Gasteiger partial charge in [-0.15, -0.1) is 0 Å². The van der Waals surface area contributed by atoms with Crippen molar-refractivity contribution >= 4 is 22.8 Å². The monoisotopic (exact) mass is 356 g/mol. The molecule has 3 heterocycles. The van der Waals surface area contributed by atoms with Crippen LogP contribution >= 0.6 is 0 Å². The Morgan fingerprint density at radius 3 is 2.58 bits per heavy atom. The fourth-order valence-corrected chi connectivity index (χ4v) is 3.87. The highest BCUT2D eigenvalue weighted by molar-refractivity contribution is 6.05. The Bertz CT molecular complexity index is 817. The van der Waals surface area contributed by atoms with Gasteiger partial charge in [0, 0.05) is 32.1 Å². The molecule has 1 N–H and O–H groups in total. The number of aromatic nitrogens is 2. The van der Waals surface area contributed by atoms with E-state index in [1.807, 2.05) is 34.9 Å². The Labute approximate surface area is 152 Å². The van der Waals surface area contributed by atoms with Gasteiger partial charge in [0.25, 0.3) is 5.91 Å². The maximum absolute atomic E-state index is 13.0. The Hall–Kier alpha value is -2.41. The van der Waals surface area contributed by atoms with Gasteiger partial charge in [0.1, 0.15) is 11.3 Å². The van der Waals surface area contributed by atoms with E-state index in [9.17, 15) is 9.59 Å². The molecule has 2 fully saturated rings. The number of piperidine rings is 1. The van der Waals surface area contributed by atoms with Crippen molar-refractivity contribution in [2.75, 3.05) is 39.4 Å². The van der Waals surface area contributed by atoms with E-state index in [4.69, 9.17) is 4.74 Å². The second-order valence-corrected chi connectivity index (χ2v) is 7.03. The van der Waals surface area contributed by atoms with Gasteiger partial charge >= 0.3 is 0 Å². The number of hydrogen-bond acceptors (Lipinski definition) is 4. The summed E-state index contributed by atoms with van der Waals surface area (Å²) in [5.74, 6) is 1.03. The van der Waals surface area contributed by atoms with Crippen LogP contribution in [-0.2, 0) is 9.53 Å². The van der Waals surface area contributed by atoms with Gasteiger partial charge in [-0.05, 0) is 31.9 Å². The smallest absolute Gasteiger partial charge is 0.256 e. The first kappa shape index (κ1) is 17.0. The van der Waals surface area contributed by atoms with Crippen molar-refractivity contribution in [3.05, 3.63) is 29.6 Å². The van der Waals surface area contributed by atoms with Crippen LogP contribution in [0.2, 0.25) is 0 Å². The highest BCUT2D eigenvalue weighted by Gasteiger charge is 2.31. The summed E-state index contributed by atoms with van der Waals surface area (Å²) in [6, 6.07) is 5.64. The van der Waals surface area contributed by atoms with Crippen molar-refractivity contribution in [2.24, 2.45) is 5.92 Å². The van der Waals surface area contributed by atoms with E-state index in [1.165, 1.54) is 0 Å². The molecule has 7 heteroatoms. The van der Waals surface area contributed by atoms with Gasteiger partial charge in [-0.25, -0.2) is 4.98 Å². The molecule has 0 aliphatic carbocycles. The normalized spacial score (nSPS) is 19.1. The topological polar surface area (TPSA) is 78.5 Å². The molecule has 2 aliphatic rings. The minimum absolute atomic E-state index is 0.000582. The molecular formula is C19H24N4O3. The summed E-state index contributed by atoms with van der Waals surface area (Å²) in [5, 5.41) is 0. The number of morpholine rings is 1. The van der Waals surface area contributed by atoms with Crippen molar-refractivity contribution in [1.29, 1.82) is 0 Å². The molecule has 0 unspecified atom stereocenters. The van der Waals surface area contributed by atoms with Crippen molar-refractivity contribution in [1.82, 2.24) is 19.8 Å². The molecule has 2 saturated heterocycles. The van der Waals surface area contributed by atoms with E-state index in [0.717, 1.165) is 29.7 Å². The number of aromatic amines is 1. The molecule has 2 aliphatic heterocycles. The number of hydrogen-bond donors (Lipinski definition) is 1. The number of imidazole rings is 1. The average Bonchev–Trinajstić information content (AvgIpc) is 3.08. The number of benzene rings is 1. The number of ether oxygens (including phenoxy) is 1. The van der Waals surface area contributed by atoms with E-state index in [1.54, 1.807) is 0 Å². The van der Waals surface area contributed by atoms with Gasteiger partial charge in [-0.2, -0.15) is 0 Å². The van der Waals surface area contributed by atoms with Crippen LogP contribution in [0.25, 0.3) is 11.0 Å². The quantitative estimate of drug-likeness (QED) is 0.886. The molecule has 7 nitrogen and oxygen atoms in total. The highest BCUT2D eigenvalue weighted by atomic mass is 16.5. The van der Waals surface area contributed by atoms with Gasteiger partial charge in [0.2, 0.25) is 5.91 Å². The molecule has 0 atom stereocenters. The minimum atomic E-state index is -0.000582. The number of carbonyl (C=O) groups excluding carboxylic acids is 2. The fraction of sp³-hybridized carbons (Fsp3) is 0.526. The first-order valence-electron chi connectivity index (χ1n) is 9.24. The zero-order chi connectivity index (χ0) is 18.1. The summed E-state index contributed by atoms with van der Waals surface area (Å²) in [6.07, 6.45) is 1.44. The molecular weight excluding hydrogens is 332 g/mol. The molecule has 1 aromatic carbocycles. The number of fused-ring (bicyclic) bond motifs is 1. The van der Waals surface area contributed by atoms with Gasteiger partial charge in [0.05, 0.1) is 24.3 Å². The predicted octanol–water partition coefficient (Wildman–Crippen LogP) is 1.58. The Morgan fingerprint density at radius 1 is 1.12 bits per heavy atom. The summed E-state index contributed by atoms with van der Waals surface area (Å²) in [4.78, 5) is 37.0. The SMILES string of the molecule is Cc1nc2c(C(=O)N3CCC(C(=O)N4CCOCC4)CC3)cccc2[nH]1.